The minimum Gasteiger partial charge on any atom is -0.361 e. The maximum Gasteiger partial charge on any atom is 0.240 e. The quantitative estimate of drug-likeness (QED) is 0.605. The molecule has 7 rings (SSSR count). The number of para-hydroxylation sites is 1. The molecule has 3 fully saturated rings. The second kappa shape index (κ2) is 6.05. The van der Waals surface area contributed by atoms with Gasteiger partial charge in [-0.1, -0.05) is 30.4 Å². The molecular weight excluding hydrogens is 366 g/mol. The summed E-state index contributed by atoms with van der Waals surface area (Å²) in [6.45, 7) is 0.314. The predicted molar refractivity (Wildman–Crippen MR) is 106 cm³/mol. The van der Waals surface area contributed by atoms with Crippen LogP contribution >= 0.6 is 0 Å². The first-order chi connectivity index (χ1) is 14.1. The van der Waals surface area contributed by atoms with Crippen LogP contribution in [0.15, 0.2) is 42.6 Å². The Morgan fingerprint density at radius 1 is 1.07 bits per heavy atom. The molecule has 2 heterocycles. The Bertz CT molecular complexity index is 1030. The zero-order chi connectivity index (χ0) is 19.7. The molecule has 29 heavy (non-hydrogen) atoms. The lowest BCUT2D eigenvalue weighted by Gasteiger charge is -2.37. The molecule has 2 bridgehead atoms. The van der Waals surface area contributed by atoms with Crippen molar-refractivity contribution >= 4 is 28.6 Å². The molecule has 2 saturated carbocycles. The van der Waals surface area contributed by atoms with Crippen molar-refractivity contribution in [2.45, 2.75) is 12.8 Å². The van der Waals surface area contributed by atoms with Crippen LogP contribution in [0, 0.1) is 35.5 Å². The Morgan fingerprint density at radius 3 is 2.48 bits per heavy atom. The maximum absolute atomic E-state index is 12.9. The van der Waals surface area contributed by atoms with E-state index in [0.29, 0.717) is 24.8 Å². The van der Waals surface area contributed by atoms with Gasteiger partial charge in [-0.25, -0.2) is 0 Å². The number of allylic oxidation sites excluding steroid dienone is 2. The van der Waals surface area contributed by atoms with Crippen LogP contribution in [0.25, 0.3) is 10.9 Å². The van der Waals surface area contributed by atoms with Gasteiger partial charge in [0.1, 0.15) is 6.54 Å². The van der Waals surface area contributed by atoms with Gasteiger partial charge in [-0.3, -0.25) is 19.3 Å². The van der Waals surface area contributed by atoms with E-state index in [-0.39, 0.29) is 47.9 Å². The molecule has 1 saturated heterocycles. The fraction of sp³-hybridized carbons (Fsp3) is 0.435. The number of H-pyrrole nitrogens is 1. The summed E-state index contributed by atoms with van der Waals surface area (Å²) in [5.41, 5.74) is 2.22. The molecule has 2 N–H and O–H groups in total. The molecular formula is C23H23N3O3. The number of aromatic amines is 1. The summed E-state index contributed by atoms with van der Waals surface area (Å²) in [7, 11) is 0. The van der Waals surface area contributed by atoms with Crippen molar-refractivity contribution in [3.63, 3.8) is 0 Å². The number of rotatable bonds is 5. The largest absolute Gasteiger partial charge is 0.361 e. The monoisotopic (exact) mass is 389 g/mol. The second-order valence-electron chi connectivity index (χ2n) is 8.88. The van der Waals surface area contributed by atoms with Crippen LogP contribution in [0.5, 0.6) is 0 Å². The second-order valence-corrected chi connectivity index (χ2v) is 8.88. The normalized spacial score (nSPS) is 33.9. The van der Waals surface area contributed by atoms with Crippen molar-refractivity contribution in [3.05, 3.63) is 48.2 Å². The van der Waals surface area contributed by atoms with E-state index in [0.717, 1.165) is 22.9 Å². The molecule has 1 aromatic heterocycles. The van der Waals surface area contributed by atoms with Gasteiger partial charge in [0, 0.05) is 23.6 Å². The van der Waals surface area contributed by atoms with Crippen LogP contribution in [0.4, 0.5) is 0 Å². The number of benzene rings is 1. The summed E-state index contributed by atoms with van der Waals surface area (Å²) in [5, 5.41) is 4.03. The van der Waals surface area contributed by atoms with E-state index in [4.69, 9.17) is 0 Å². The summed E-state index contributed by atoms with van der Waals surface area (Å²) in [5.74, 6) is 0.521. The number of amides is 3. The van der Waals surface area contributed by atoms with Crippen molar-refractivity contribution in [1.29, 1.82) is 0 Å². The van der Waals surface area contributed by atoms with E-state index < -0.39 is 0 Å². The highest BCUT2D eigenvalue weighted by Crippen LogP contribution is 2.65. The molecule has 1 aromatic carbocycles. The first-order valence-electron chi connectivity index (χ1n) is 10.5. The zero-order valence-electron chi connectivity index (χ0n) is 16.0. The van der Waals surface area contributed by atoms with Crippen LogP contribution in [0.3, 0.4) is 0 Å². The molecule has 5 aliphatic rings. The van der Waals surface area contributed by atoms with Crippen LogP contribution in [0.1, 0.15) is 12.0 Å². The number of nitrogens with zero attached hydrogens (tertiary/aromatic N) is 1. The molecule has 0 spiro atoms. The molecule has 2 aromatic rings. The average Bonchev–Trinajstić information content (AvgIpc) is 3.42. The van der Waals surface area contributed by atoms with Gasteiger partial charge in [0.25, 0.3) is 0 Å². The number of aromatic nitrogens is 1. The summed E-state index contributed by atoms with van der Waals surface area (Å²) in [6, 6.07) is 8.05. The lowest BCUT2D eigenvalue weighted by molar-refractivity contribution is -0.143. The maximum atomic E-state index is 12.9. The number of imide groups is 1. The summed E-state index contributed by atoms with van der Waals surface area (Å²) < 4.78 is 0. The van der Waals surface area contributed by atoms with Crippen molar-refractivity contribution in [2.75, 3.05) is 13.1 Å². The number of hydrogen-bond acceptors (Lipinski definition) is 3. The van der Waals surface area contributed by atoms with Crippen LogP contribution in [0.2, 0.25) is 0 Å². The molecule has 1 aliphatic heterocycles. The minimum absolute atomic E-state index is 0.142. The Morgan fingerprint density at radius 2 is 1.76 bits per heavy atom. The smallest absolute Gasteiger partial charge is 0.240 e. The van der Waals surface area contributed by atoms with E-state index in [1.807, 2.05) is 24.4 Å². The molecule has 6 unspecified atom stereocenters. The zero-order valence-corrected chi connectivity index (χ0v) is 16.0. The van der Waals surface area contributed by atoms with E-state index in [2.05, 4.69) is 28.5 Å². The third-order valence-corrected chi connectivity index (χ3v) is 7.45. The highest BCUT2D eigenvalue weighted by molar-refractivity contribution is 6.08. The number of fused-ring (bicyclic) bond motifs is 1. The molecule has 3 amide bonds. The minimum atomic E-state index is -0.268. The van der Waals surface area contributed by atoms with Gasteiger partial charge >= 0.3 is 0 Å². The van der Waals surface area contributed by atoms with Crippen molar-refractivity contribution in [2.24, 2.45) is 35.5 Å². The van der Waals surface area contributed by atoms with Gasteiger partial charge in [-0.2, -0.15) is 0 Å². The van der Waals surface area contributed by atoms with Crippen molar-refractivity contribution in [3.8, 4) is 0 Å². The van der Waals surface area contributed by atoms with Crippen LogP contribution in [-0.4, -0.2) is 40.7 Å². The molecule has 4 aliphatic carbocycles. The van der Waals surface area contributed by atoms with Gasteiger partial charge in [0.05, 0.1) is 11.8 Å². The van der Waals surface area contributed by atoms with Crippen LogP contribution < -0.4 is 5.32 Å². The Balaban J connectivity index is 1.09. The molecule has 0 radical (unpaired) electrons. The first kappa shape index (κ1) is 17.0. The number of carbonyl (C=O) groups excluding carboxylic acids is 3. The van der Waals surface area contributed by atoms with Gasteiger partial charge in [-0.15, -0.1) is 0 Å². The molecule has 6 atom stereocenters. The third kappa shape index (κ3) is 2.44. The van der Waals surface area contributed by atoms with E-state index in [1.54, 1.807) is 0 Å². The van der Waals surface area contributed by atoms with Crippen LogP contribution in [-0.2, 0) is 20.8 Å². The first-order valence-corrected chi connectivity index (χ1v) is 10.5. The molecule has 6 heteroatoms. The summed E-state index contributed by atoms with van der Waals surface area (Å²) >= 11 is 0. The number of likely N-dealkylation sites (tertiary alicyclic amines) is 1. The number of nitrogens with one attached hydrogen (secondary N) is 2. The van der Waals surface area contributed by atoms with Gasteiger partial charge in [-0.05, 0) is 48.1 Å². The van der Waals surface area contributed by atoms with Crippen molar-refractivity contribution in [1.82, 2.24) is 15.2 Å². The van der Waals surface area contributed by atoms with Crippen molar-refractivity contribution < 1.29 is 14.4 Å². The number of hydrogen-bond donors (Lipinski definition) is 2. The lowest BCUT2D eigenvalue weighted by Crippen LogP contribution is -2.41. The molecule has 6 nitrogen and oxygen atoms in total. The summed E-state index contributed by atoms with van der Waals surface area (Å²) in [6.07, 6.45) is 8.10. The van der Waals surface area contributed by atoms with Gasteiger partial charge in [0.15, 0.2) is 0 Å². The Labute approximate surface area is 168 Å². The predicted octanol–water partition coefficient (Wildman–Crippen LogP) is 1.88. The highest BCUT2D eigenvalue weighted by atomic mass is 16.2. The lowest BCUT2D eigenvalue weighted by atomic mass is 9.63. The van der Waals surface area contributed by atoms with E-state index in [9.17, 15) is 14.4 Å². The fourth-order valence-electron chi connectivity index (χ4n) is 6.05. The van der Waals surface area contributed by atoms with Gasteiger partial charge < -0.3 is 10.3 Å². The topological polar surface area (TPSA) is 82.3 Å². The van der Waals surface area contributed by atoms with E-state index >= 15 is 0 Å². The Hall–Kier alpha value is -2.89. The number of carbonyl (C=O) groups is 3. The third-order valence-electron chi connectivity index (χ3n) is 7.45. The van der Waals surface area contributed by atoms with Gasteiger partial charge in [0.2, 0.25) is 17.7 Å². The Kier molecular flexibility index (Phi) is 3.55. The fourth-order valence-corrected chi connectivity index (χ4v) is 6.05. The average molecular weight is 389 g/mol. The standard InChI is InChI=1S/C23H23N3O3/c27-19(24-8-7-12-10-25-18-4-2-1-3-13(12)18)11-26-22(28)20-14-5-6-15(17-9-16(14)17)21(20)23(26)29/h1-6,10,14-17,20-21,25H,7-9,11H2,(H,24,27). The molecule has 148 valence electrons. The highest BCUT2D eigenvalue weighted by Gasteiger charge is 2.67. The summed E-state index contributed by atoms with van der Waals surface area (Å²) in [4.78, 5) is 42.8. The SMILES string of the molecule is O=C(CN1C(=O)C2C3C=CC(C4CC34)C2C1=O)NCCc1c[nH]c2ccccc12. The van der Waals surface area contributed by atoms with E-state index in [1.165, 1.54) is 4.90 Å².